The zero-order chi connectivity index (χ0) is 10.0. The van der Waals surface area contributed by atoms with Crippen LogP contribution in [0.15, 0.2) is 12.4 Å². The van der Waals surface area contributed by atoms with Crippen LogP contribution >= 0.6 is 15.9 Å². The fourth-order valence-corrected chi connectivity index (χ4v) is 2.58. The fourth-order valence-electron chi connectivity index (χ4n) is 1.94. The van der Waals surface area contributed by atoms with Crippen LogP contribution in [0.3, 0.4) is 0 Å². The Kier molecular flexibility index (Phi) is 2.93. The number of nitrogens with zero attached hydrogens (tertiary/aromatic N) is 2. The Hall–Kier alpha value is -0.350. The van der Waals surface area contributed by atoms with Crippen molar-refractivity contribution in [3.63, 3.8) is 0 Å². The molecule has 0 aliphatic carbocycles. The highest BCUT2D eigenvalue weighted by Crippen LogP contribution is 2.34. The highest BCUT2D eigenvalue weighted by molar-refractivity contribution is 9.09. The summed E-state index contributed by atoms with van der Waals surface area (Å²) >= 11 is 3.59. The molecule has 1 saturated heterocycles. The number of alkyl halides is 1. The minimum absolute atomic E-state index is 0.295. The highest BCUT2D eigenvalue weighted by Gasteiger charge is 2.34. The summed E-state index contributed by atoms with van der Waals surface area (Å²) in [5.41, 5.74) is 1.60. The molecule has 1 aromatic heterocycles. The molecule has 0 N–H and O–H groups in total. The summed E-state index contributed by atoms with van der Waals surface area (Å²) in [6, 6.07) is 0. The van der Waals surface area contributed by atoms with Crippen molar-refractivity contribution in [3.8, 4) is 0 Å². The number of hydrogen-bond acceptors (Lipinski definition) is 2. The van der Waals surface area contributed by atoms with E-state index in [1.54, 1.807) is 0 Å². The van der Waals surface area contributed by atoms with Crippen LogP contribution in [-0.2, 0) is 18.2 Å². The van der Waals surface area contributed by atoms with E-state index in [0.717, 1.165) is 31.4 Å². The molecule has 1 aromatic rings. The molecule has 1 atom stereocenters. The van der Waals surface area contributed by atoms with Gasteiger partial charge in [0.2, 0.25) is 0 Å². The molecule has 2 heterocycles. The van der Waals surface area contributed by atoms with Crippen molar-refractivity contribution < 1.29 is 4.74 Å². The molecule has 1 aliphatic heterocycles. The maximum absolute atomic E-state index is 5.47. The highest BCUT2D eigenvalue weighted by atomic mass is 79.9. The van der Waals surface area contributed by atoms with Crippen LogP contribution in [0.2, 0.25) is 0 Å². The first kappa shape index (κ1) is 10.2. The lowest BCUT2D eigenvalue weighted by molar-refractivity contribution is 0.162. The number of aromatic nitrogens is 2. The second kappa shape index (κ2) is 4.03. The Bertz CT molecular complexity index is 305. The molecule has 0 amide bonds. The van der Waals surface area contributed by atoms with E-state index in [1.165, 1.54) is 5.56 Å². The standard InChI is InChI=1S/C10H15BrN2O/c1-13-6-9(5-12-13)4-10(7-11)2-3-14-8-10/h5-6H,2-4,7-8H2,1H3. The third kappa shape index (κ3) is 2.01. The predicted octanol–water partition coefficient (Wildman–Crippen LogP) is 1.76. The van der Waals surface area contributed by atoms with Crippen molar-refractivity contribution in [1.29, 1.82) is 0 Å². The van der Waals surface area contributed by atoms with Gasteiger partial charge < -0.3 is 4.74 Å². The Morgan fingerprint density at radius 2 is 2.57 bits per heavy atom. The minimum atomic E-state index is 0.295. The monoisotopic (exact) mass is 258 g/mol. The quantitative estimate of drug-likeness (QED) is 0.773. The van der Waals surface area contributed by atoms with Crippen molar-refractivity contribution in [2.24, 2.45) is 12.5 Å². The van der Waals surface area contributed by atoms with E-state index in [4.69, 9.17) is 4.74 Å². The summed E-state index contributed by atoms with van der Waals surface area (Å²) in [7, 11) is 1.95. The van der Waals surface area contributed by atoms with Crippen LogP contribution in [-0.4, -0.2) is 28.3 Å². The van der Waals surface area contributed by atoms with E-state index in [0.29, 0.717) is 5.41 Å². The largest absolute Gasteiger partial charge is 0.381 e. The van der Waals surface area contributed by atoms with E-state index >= 15 is 0 Å². The van der Waals surface area contributed by atoms with Gasteiger partial charge in [-0.05, 0) is 18.4 Å². The Labute approximate surface area is 92.6 Å². The van der Waals surface area contributed by atoms with Crippen molar-refractivity contribution in [2.75, 3.05) is 18.5 Å². The third-order valence-corrected chi connectivity index (χ3v) is 4.00. The molecule has 4 heteroatoms. The van der Waals surface area contributed by atoms with Crippen LogP contribution < -0.4 is 0 Å². The molecule has 0 aromatic carbocycles. The van der Waals surface area contributed by atoms with Gasteiger partial charge in [0.1, 0.15) is 0 Å². The summed E-state index contributed by atoms with van der Waals surface area (Å²) in [6.07, 6.45) is 6.24. The second-order valence-electron chi connectivity index (χ2n) is 4.14. The Morgan fingerprint density at radius 3 is 3.07 bits per heavy atom. The molecule has 1 unspecified atom stereocenters. The van der Waals surface area contributed by atoms with Crippen molar-refractivity contribution >= 4 is 15.9 Å². The minimum Gasteiger partial charge on any atom is -0.381 e. The van der Waals surface area contributed by atoms with Gasteiger partial charge in [0, 0.05) is 30.6 Å². The van der Waals surface area contributed by atoms with Gasteiger partial charge in [-0.1, -0.05) is 15.9 Å². The van der Waals surface area contributed by atoms with Crippen LogP contribution in [0.4, 0.5) is 0 Å². The predicted molar refractivity (Wildman–Crippen MR) is 58.6 cm³/mol. The van der Waals surface area contributed by atoms with Gasteiger partial charge in [0.15, 0.2) is 0 Å². The van der Waals surface area contributed by atoms with Gasteiger partial charge in [0.05, 0.1) is 12.8 Å². The molecular weight excluding hydrogens is 244 g/mol. The van der Waals surface area contributed by atoms with Crippen LogP contribution in [0.5, 0.6) is 0 Å². The van der Waals surface area contributed by atoms with E-state index in [2.05, 4.69) is 27.2 Å². The van der Waals surface area contributed by atoms with Gasteiger partial charge >= 0.3 is 0 Å². The van der Waals surface area contributed by atoms with Crippen LogP contribution in [0, 0.1) is 5.41 Å². The van der Waals surface area contributed by atoms with Gasteiger partial charge in [-0.25, -0.2) is 0 Å². The lowest BCUT2D eigenvalue weighted by Gasteiger charge is -2.23. The van der Waals surface area contributed by atoms with E-state index in [-0.39, 0.29) is 0 Å². The maximum atomic E-state index is 5.47. The molecule has 3 nitrogen and oxygen atoms in total. The van der Waals surface area contributed by atoms with Gasteiger partial charge in [-0.2, -0.15) is 5.10 Å². The van der Waals surface area contributed by atoms with Crippen molar-refractivity contribution in [2.45, 2.75) is 12.8 Å². The third-order valence-electron chi connectivity index (χ3n) is 2.81. The first-order valence-electron chi connectivity index (χ1n) is 4.85. The number of ether oxygens (including phenoxy) is 1. The fraction of sp³-hybridized carbons (Fsp3) is 0.700. The average Bonchev–Trinajstić information content (AvgIpc) is 2.77. The SMILES string of the molecule is Cn1cc(CC2(CBr)CCOC2)cn1. The van der Waals surface area contributed by atoms with E-state index in [1.807, 2.05) is 17.9 Å². The van der Waals surface area contributed by atoms with E-state index < -0.39 is 0 Å². The molecule has 0 bridgehead atoms. The number of aryl methyl sites for hydroxylation is 1. The first-order chi connectivity index (χ1) is 6.74. The molecule has 2 rings (SSSR count). The van der Waals surface area contributed by atoms with Crippen molar-refractivity contribution in [1.82, 2.24) is 9.78 Å². The number of hydrogen-bond donors (Lipinski definition) is 0. The van der Waals surface area contributed by atoms with E-state index in [9.17, 15) is 0 Å². The lowest BCUT2D eigenvalue weighted by atomic mass is 9.84. The molecular formula is C10H15BrN2O. The molecule has 0 saturated carbocycles. The summed E-state index contributed by atoms with van der Waals surface area (Å²) in [5.74, 6) is 0. The number of halogens is 1. The Morgan fingerprint density at radius 1 is 1.71 bits per heavy atom. The normalized spacial score (nSPS) is 27.0. The summed E-state index contributed by atoms with van der Waals surface area (Å²) < 4.78 is 7.33. The zero-order valence-electron chi connectivity index (χ0n) is 8.37. The van der Waals surface area contributed by atoms with Crippen LogP contribution in [0.1, 0.15) is 12.0 Å². The molecule has 1 fully saturated rings. The molecule has 1 aliphatic rings. The van der Waals surface area contributed by atoms with Gasteiger partial charge in [0.25, 0.3) is 0 Å². The van der Waals surface area contributed by atoms with Gasteiger partial charge in [-0.3, -0.25) is 4.68 Å². The lowest BCUT2D eigenvalue weighted by Crippen LogP contribution is -2.25. The summed E-state index contributed by atoms with van der Waals surface area (Å²) in [4.78, 5) is 0. The Balaban J connectivity index is 2.08. The van der Waals surface area contributed by atoms with Crippen molar-refractivity contribution in [3.05, 3.63) is 18.0 Å². The second-order valence-corrected chi connectivity index (χ2v) is 4.70. The molecule has 78 valence electrons. The average molecular weight is 259 g/mol. The van der Waals surface area contributed by atoms with Gasteiger partial charge in [-0.15, -0.1) is 0 Å². The summed E-state index contributed by atoms with van der Waals surface area (Å²) in [6.45, 7) is 1.76. The molecule has 14 heavy (non-hydrogen) atoms. The van der Waals surface area contributed by atoms with Crippen LogP contribution in [0.25, 0.3) is 0 Å². The summed E-state index contributed by atoms with van der Waals surface area (Å²) in [5, 5.41) is 5.19. The topological polar surface area (TPSA) is 27.1 Å². The smallest absolute Gasteiger partial charge is 0.0534 e. The number of rotatable bonds is 3. The zero-order valence-corrected chi connectivity index (χ0v) is 9.96. The molecule has 0 radical (unpaired) electrons. The maximum Gasteiger partial charge on any atom is 0.0534 e. The first-order valence-corrected chi connectivity index (χ1v) is 5.97. The molecule has 0 spiro atoms.